The molecule has 1 aromatic carbocycles. The zero-order chi connectivity index (χ0) is 11.4. The molecule has 1 unspecified atom stereocenters. The minimum absolute atomic E-state index is 0.289. The topological polar surface area (TPSA) is 52.3 Å². The van der Waals surface area contributed by atoms with E-state index < -0.39 is 12.0 Å². The molecule has 0 saturated heterocycles. The lowest BCUT2D eigenvalue weighted by Gasteiger charge is -2.12. The van der Waals surface area contributed by atoms with Crippen molar-refractivity contribution in [3.8, 4) is 0 Å². The maximum absolute atomic E-state index is 11.3. The number of benzene rings is 1. The van der Waals surface area contributed by atoms with Crippen LogP contribution in [0.5, 0.6) is 0 Å². The van der Waals surface area contributed by atoms with Crippen molar-refractivity contribution in [3.05, 3.63) is 33.8 Å². The number of halogens is 2. The van der Waals surface area contributed by atoms with Crippen molar-refractivity contribution in [1.82, 2.24) is 0 Å². The van der Waals surface area contributed by atoms with Crippen molar-refractivity contribution >= 4 is 29.2 Å². The highest BCUT2D eigenvalue weighted by atomic mass is 35.5. The molecule has 0 saturated carbocycles. The van der Waals surface area contributed by atoms with E-state index in [1.54, 1.807) is 19.1 Å². The Labute approximate surface area is 98.1 Å². The summed E-state index contributed by atoms with van der Waals surface area (Å²) < 4.78 is 4.79. The van der Waals surface area contributed by atoms with Crippen LogP contribution in [0.4, 0.5) is 0 Å². The molecule has 0 aromatic heterocycles. The molecule has 5 heteroatoms. The molecule has 15 heavy (non-hydrogen) atoms. The Morgan fingerprint density at radius 3 is 2.73 bits per heavy atom. The van der Waals surface area contributed by atoms with Gasteiger partial charge in [0.05, 0.1) is 6.61 Å². The Balaban J connectivity index is 2.91. The Hall–Kier alpha value is -0.770. The third-order valence-corrected chi connectivity index (χ3v) is 2.40. The van der Waals surface area contributed by atoms with Gasteiger partial charge in [0.1, 0.15) is 6.04 Å². The zero-order valence-electron chi connectivity index (χ0n) is 8.17. The lowest BCUT2D eigenvalue weighted by atomic mass is 10.1. The summed E-state index contributed by atoms with van der Waals surface area (Å²) in [5.41, 5.74) is 6.19. The number of ether oxygens (including phenoxy) is 1. The van der Waals surface area contributed by atoms with Crippen LogP contribution in [0.3, 0.4) is 0 Å². The summed E-state index contributed by atoms with van der Waals surface area (Å²) in [6.45, 7) is 2.01. The molecule has 0 aliphatic rings. The molecule has 0 spiro atoms. The van der Waals surface area contributed by atoms with Gasteiger partial charge in [-0.25, -0.2) is 4.79 Å². The largest absolute Gasteiger partial charge is 0.465 e. The van der Waals surface area contributed by atoms with Crippen LogP contribution in [0.25, 0.3) is 0 Å². The minimum Gasteiger partial charge on any atom is -0.465 e. The third-order valence-electron chi connectivity index (χ3n) is 1.84. The van der Waals surface area contributed by atoms with Crippen molar-refractivity contribution in [2.24, 2.45) is 5.73 Å². The van der Waals surface area contributed by atoms with Crippen LogP contribution in [-0.2, 0) is 9.53 Å². The van der Waals surface area contributed by atoms with E-state index in [0.29, 0.717) is 15.6 Å². The third kappa shape index (κ3) is 3.09. The van der Waals surface area contributed by atoms with Gasteiger partial charge < -0.3 is 10.5 Å². The van der Waals surface area contributed by atoms with Gasteiger partial charge >= 0.3 is 5.97 Å². The molecule has 1 rings (SSSR count). The lowest BCUT2D eigenvalue weighted by Crippen LogP contribution is -2.24. The number of carbonyl (C=O) groups is 1. The number of rotatable bonds is 3. The van der Waals surface area contributed by atoms with Gasteiger partial charge in [0.25, 0.3) is 0 Å². The van der Waals surface area contributed by atoms with Gasteiger partial charge in [0.2, 0.25) is 0 Å². The first kappa shape index (κ1) is 12.3. The number of carbonyl (C=O) groups excluding carboxylic acids is 1. The summed E-state index contributed by atoms with van der Waals surface area (Å²) in [5, 5.41) is 0.864. The average molecular weight is 248 g/mol. The molecule has 0 radical (unpaired) electrons. The average Bonchev–Trinajstić information content (AvgIpc) is 2.17. The molecule has 3 nitrogen and oxygen atoms in total. The van der Waals surface area contributed by atoms with E-state index >= 15 is 0 Å². The minimum atomic E-state index is -0.866. The van der Waals surface area contributed by atoms with E-state index in [-0.39, 0.29) is 6.61 Å². The van der Waals surface area contributed by atoms with Crippen molar-refractivity contribution in [2.75, 3.05) is 6.61 Å². The molecule has 2 N–H and O–H groups in total. The Kier molecular flexibility index (Phi) is 4.39. The van der Waals surface area contributed by atoms with Crippen molar-refractivity contribution < 1.29 is 9.53 Å². The van der Waals surface area contributed by atoms with Gasteiger partial charge in [-0.15, -0.1) is 0 Å². The van der Waals surface area contributed by atoms with Crippen LogP contribution in [0.2, 0.25) is 10.0 Å². The predicted octanol–water partition coefficient (Wildman–Crippen LogP) is 2.56. The molecular formula is C10H11Cl2NO2. The van der Waals surface area contributed by atoms with Gasteiger partial charge in [-0.1, -0.05) is 29.3 Å². The second-order valence-electron chi connectivity index (χ2n) is 2.90. The van der Waals surface area contributed by atoms with Crippen LogP contribution >= 0.6 is 23.2 Å². The van der Waals surface area contributed by atoms with Gasteiger partial charge in [0.15, 0.2) is 0 Å². The Morgan fingerprint density at radius 1 is 1.53 bits per heavy atom. The van der Waals surface area contributed by atoms with E-state index in [1.807, 2.05) is 0 Å². The van der Waals surface area contributed by atoms with Crippen molar-refractivity contribution in [3.63, 3.8) is 0 Å². The van der Waals surface area contributed by atoms with E-state index in [2.05, 4.69) is 0 Å². The normalized spacial score (nSPS) is 12.3. The molecule has 0 aliphatic heterocycles. The summed E-state index contributed by atoms with van der Waals surface area (Å²) in [5.74, 6) is -0.498. The first-order valence-corrected chi connectivity index (χ1v) is 5.19. The van der Waals surface area contributed by atoms with Gasteiger partial charge in [0, 0.05) is 10.0 Å². The Morgan fingerprint density at radius 2 is 2.20 bits per heavy atom. The molecular weight excluding hydrogens is 237 g/mol. The maximum atomic E-state index is 11.3. The smallest absolute Gasteiger partial charge is 0.327 e. The number of nitrogens with two attached hydrogens (primary N) is 1. The van der Waals surface area contributed by atoms with Crippen molar-refractivity contribution in [2.45, 2.75) is 13.0 Å². The summed E-state index contributed by atoms with van der Waals surface area (Å²) >= 11 is 11.6. The van der Waals surface area contributed by atoms with Gasteiger partial charge in [-0.3, -0.25) is 0 Å². The van der Waals surface area contributed by atoms with E-state index in [4.69, 9.17) is 33.7 Å². The highest BCUT2D eigenvalue weighted by molar-refractivity contribution is 6.35. The molecule has 0 amide bonds. The zero-order valence-corrected chi connectivity index (χ0v) is 9.68. The second kappa shape index (κ2) is 5.35. The van der Waals surface area contributed by atoms with E-state index in [9.17, 15) is 4.79 Å². The number of hydrogen-bond donors (Lipinski definition) is 1. The Bertz CT molecular complexity index is 368. The SMILES string of the molecule is CCOC(=O)C(N)c1ccc(Cl)cc1Cl. The summed E-state index contributed by atoms with van der Waals surface area (Å²) in [6.07, 6.45) is 0. The summed E-state index contributed by atoms with van der Waals surface area (Å²) in [6, 6.07) is 3.92. The summed E-state index contributed by atoms with van der Waals surface area (Å²) in [4.78, 5) is 11.3. The molecule has 1 aromatic rings. The highest BCUT2D eigenvalue weighted by Crippen LogP contribution is 2.25. The fraction of sp³-hybridized carbons (Fsp3) is 0.300. The maximum Gasteiger partial charge on any atom is 0.327 e. The standard InChI is InChI=1S/C10H11Cl2NO2/c1-2-15-10(14)9(13)7-4-3-6(11)5-8(7)12/h3-5,9H,2,13H2,1H3. The quantitative estimate of drug-likeness (QED) is 0.836. The van der Waals surface area contributed by atoms with Gasteiger partial charge in [-0.2, -0.15) is 0 Å². The highest BCUT2D eigenvalue weighted by Gasteiger charge is 2.19. The monoisotopic (exact) mass is 247 g/mol. The van der Waals surface area contributed by atoms with Crippen LogP contribution < -0.4 is 5.73 Å². The fourth-order valence-electron chi connectivity index (χ4n) is 1.11. The van der Waals surface area contributed by atoms with Crippen LogP contribution in [0, 0.1) is 0 Å². The number of esters is 1. The van der Waals surface area contributed by atoms with Crippen LogP contribution in [0.15, 0.2) is 18.2 Å². The van der Waals surface area contributed by atoms with Gasteiger partial charge in [-0.05, 0) is 24.6 Å². The van der Waals surface area contributed by atoms with Crippen LogP contribution in [-0.4, -0.2) is 12.6 Å². The first-order valence-electron chi connectivity index (χ1n) is 4.43. The predicted molar refractivity (Wildman–Crippen MR) is 60.0 cm³/mol. The molecule has 0 heterocycles. The first-order chi connectivity index (χ1) is 7.06. The fourth-order valence-corrected chi connectivity index (χ4v) is 1.64. The van der Waals surface area contributed by atoms with E-state index in [1.165, 1.54) is 6.07 Å². The summed E-state index contributed by atoms with van der Waals surface area (Å²) in [7, 11) is 0. The molecule has 0 aliphatic carbocycles. The van der Waals surface area contributed by atoms with E-state index in [0.717, 1.165) is 0 Å². The number of hydrogen-bond acceptors (Lipinski definition) is 3. The molecule has 82 valence electrons. The molecule has 0 bridgehead atoms. The molecule has 0 fully saturated rings. The van der Waals surface area contributed by atoms with Crippen molar-refractivity contribution in [1.29, 1.82) is 0 Å². The lowest BCUT2D eigenvalue weighted by molar-refractivity contribution is -0.144. The van der Waals surface area contributed by atoms with Crippen LogP contribution in [0.1, 0.15) is 18.5 Å². The second-order valence-corrected chi connectivity index (χ2v) is 3.74. The molecule has 1 atom stereocenters.